The summed E-state index contributed by atoms with van der Waals surface area (Å²) in [7, 11) is 0. The summed E-state index contributed by atoms with van der Waals surface area (Å²) in [6.45, 7) is 5.55. The van der Waals surface area contributed by atoms with Crippen molar-refractivity contribution in [3.05, 3.63) is 59.7 Å². The number of unbranched alkanes of at least 4 members (excludes halogenated alkanes) is 1. The van der Waals surface area contributed by atoms with Crippen molar-refractivity contribution in [2.45, 2.75) is 83.5 Å². The number of rotatable bonds is 18. The molecular formula is C32H45N5O8. The van der Waals surface area contributed by atoms with Gasteiger partial charge in [-0.15, -0.1) is 0 Å². The normalized spacial score (nSPS) is 14.2. The molecule has 0 aliphatic heterocycles. The number of aromatic hydroxyl groups is 2. The molecule has 5 atom stereocenters. The van der Waals surface area contributed by atoms with Crippen molar-refractivity contribution in [2.75, 3.05) is 6.54 Å². The van der Waals surface area contributed by atoms with E-state index in [1.807, 2.05) is 6.92 Å². The van der Waals surface area contributed by atoms with Gasteiger partial charge in [0.15, 0.2) is 0 Å². The van der Waals surface area contributed by atoms with Crippen molar-refractivity contribution in [1.29, 1.82) is 0 Å². The van der Waals surface area contributed by atoms with E-state index in [0.29, 0.717) is 31.4 Å². The van der Waals surface area contributed by atoms with E-state index in [1.165, 1.54) is 6.07 Å². The lowest BCUT2D eigenvalue weighted by Gasteiger charge is -2.28. The van der Waals surface area contributed by atoms with Gasteiger partial charge in [-0.25, -0.2) is 4.79 Å². The smallest absolute Gasteiger partial charge is 0.326 e. The van der Waals surface area contributed by atoms with Crippen LogP contribution in [0, 0.1) is 5.92 Å². The minimum Gasteiger partial charge on any atom is -0.508 e. The van der Waals surface area contributed by atoms with Gasteiger partial charge in [-0.05, 0) is 61.9 Å². The van der Waals surface area contributed by atoms with Crippen LogP contribution < -0.4 is 27.0 Å². The molecule has 0 radical (unpaired) electrons. The Morgan fingerprint density at radius 1 is 0.778 bits per heavy atom. The Balaban J connectivity index is 2.35. The maximum Gasteiger partial charge on any atom is 0.326 e. The maximum atomic E-state index is 13.7. The summed E-state index contributed by atoms with van der Waals surface area (Å²) < 4.78 is 0. The number of phenolic OH excluding ortho intramolecular Hbond substituents is 2. The zero-order valence-electron chi connectivity index (χ0n) is 25.9. The maximum absolute atomic E-state index is 13.7. The first-order chi connectivity index (χ1) is 21.4. The molecule has 0 saturated heterocycles. The van der Waals surface area contributed by atoms with Gasteiger partial charge in [-0.3, -0.25) is 19.2 Å². The number of nitrogens with two attached hydrogens (primary N) is 1. The highest BCUT2D eigenvalue weighted by Crippen LogP contribution is 2.22. The molecule has 13 nitrogen and oxygen atoms in total. The van der Waals surface area contributed by atoms with Crippen LogP contribution in [0.2, 0.25) is 0 Å². The first kappa shape index (κ1) is 36.5. The lowest BCUT2D eigenvalue weighted by Crippen LogP contribution is -2.59. The summed E-state index contributed by atoms with van der Waals surface area (Å²) in [6, 6.07) is 7.79. The van der Waals surface area contributed by atoms with Gasteiger partial charge in [-0.1, -0.05) is 57.5 Å². The minimum atomic E-state index is -1.20. The molecule has 13 heteroatoms. The van der Waals surface area contributed by atoms with Crippen molar-refractivity contribution < 1.29 is 39.3 Å². The average Bonchev–Trinajstić information content (AvgIpc) is 3.02. The zero-order chi connectivity index (χ0) is 33.5. The molecule has 9 N–H and O–H groups in total. The van der Waals surface area contributed by atoms with Gasteiger partial charge in [-0.2, -0.15) is 0 Å². The summed E-state index contributed by atoms with van der Waals surface area (Å²) >= 11 is 0. The molecule has 0 aliphatic rings. The quantitative estimate of drug-likeness (QED) is 0.0886. The second kappa shape index (κ2) is 18.2. The molecular weight excluding hydrogens is 582 g/mol. The van der Waals surface area contributed by atoms with E-state index in [1.54, 1.807) is 44.2 Å². The fourth-order valence-corrected chi connectivity index (χ4v) is 4.59. The van der Waals surface area contributed by atoms with Gasteiger partial charge in [0.05, 0.1) is 5.56 Å². The minimum absolute atomic E-state index is 0.0524. The molecule has 0 aliphatic carbocycles. The molecule has 0 bridgehead atoms. The van der Waals surface area contributed by atoms with E-state index in [2.05, 4.69) is 21.3 Å². The number of carbonyl (C=O) groups is 5. The molecule has 0 fully saturated rings. The molecule has 0 saturated carbocycles. The SMILES string of the molecule is CC[C@H](NC(=O)[C@@H](NC(=O)[C@H](Cc1ccccc1)NC(=O)[C@H](CCCCN)NC(=O)c1cc(O)ccc1O)[C@@H](C)CC)C(=O)O. The topological polar surface area (TPSA) is 220 Å². The Labute approximate surface area is 263 Å². The third-order valence-corrected chi connectivity index (χ3v) is 7.53. The Bertz CT molecular complexity index is 1310. The Morgan fingerprint density at radius 3 is 2.02 bits per heavy atom. The first-order valence-corrected chi connectivity index (χ1v) is 15.1. The van der Waals surface area contributed by atoms with Crippen LogP contribution in [0.4, 0.5) is 0 Å². The van der Waals surface area contributed by atoms with Crippen molar-refractivity contribution in [2.24, 2.45) is 11.7 Å². The molecule has 0 heterocycles. The van der Waals surface area contributed by atoms with E-state index in [-0.39, 0.29) is 36.5 Å². The van der Waals surface area contributed by atoms with E-state index < -0.39 is 59.5 Å². The van der Waals surface area contributed by atoms with Gasteiger partial charge in [0.1, 0.15) is 35.7 Å². The molecule has 246 valence electrons. The van der Waals surface area contributed by atoms with Gasteiger partial charge in [0.25, 0.3) is 5.91 Å². The van der Waals surface area contributed by atoms with Gasteiger partial charge in [0, 0.05) is 6.42 Å². The Morgan fingerprint density at radius 2 is 1.42 bits per heavy atom. The van der Waals surface area contributed by atoms with Crippen LogP contribution in [0.3, 0.4) is 0 Å². The van der Waals surface area contributed by atoms with E-state index in [9.17, 15) is 39.3 Å². The summed E-state index contributed by atoms with van der Waals surface area (Å²) in [5, 5.41) is 39.8. The molecule has 0 unspecified atom stereocenters. The Kier molecular flexibility index (Phi) is 14.8. The number of amides is 4. The number of carboxylic acid groups (broad SMARTS) is 1. The fourth-order valence-electron chi connectivity index (χ4n) is 4.59. The zero-order valence-corrected chi connectivity index (χ0v) is 25.9. The van der Waals surface area contributed by atoms with Crippen LogP contribution in [-0.4, -0.2) is 75.6 Å². The highest BCUT2D eigenvalue weighted by Gasteiger charge is 2.33. The van der Waals surface area contributed by atoms with Crippen molar-refractivity contribution >= 4 is 29.6 Å². The fraction of sp³-hybridized carbons (Fsp3) is 0.469. The predicted octanol–water partition coefficient (Wildman–Crippen LogP) is 1.56. The van der Waals surface area contributed by atoms with Crippen molar-refractivity contribution in [3.8, 4) is 11.5 Å². The van der Waals surface area contributed by atoms with Crippen LogP contribution >= 0.6 is 0 Å². The monoisotopic (exact) mass is 627 g/mol. The molecule has 2 aromatic rings. The van der Waals surface area contributed by atoms with Crippen LogP contribution in [0.5, 0.6) is 11.5 Å². The van der Waals surface area contributed by atoms with Gasteiger partial charge < -0.3 is 42.3 Å². The molecule has 0 aromatic heterocycles. The van der Waals surface area contributed by atoms with Gasteiger partial charge >= 0.3 is 5.97 Å². The van der Waals surface area contributed by atoms with Crippen LogP contribution in [0.1, 0.15) is 68.8 Å². The Hall–Kier alpha value is -4.65. The largest absolute Gasteiger partial charge is 0.508 e. The number of carbonyl (C=O) groups excluding carboxylic acids is 4. The van der Waals surface area contributed by atoms with Gasteiger partial charge in [0.2, 0.25) is 17.7 Å². The highest BCUT2D eigenvalue weighted by molar-refractivity contribution is 6.00. The lowest BCUT2D eigenvalue weighted by molar-refractivity contribution is -0.142. The molecule has 0 spiro atoms. The number of hydrogen-bond acceptors (Lipinski definition) is 8. The number of aliphatic carboxylic acids is 1. The second-order valence-corrected chi connectivity index (χ2v) is 10.9. The van der Waals surface area contributed by atoms with Crippen molar-refractivity contribution in [1.82, 2.24) is 21.3 Å². The summed E-state index contributed by atoms with van der Waals surface area (Å²) in [4.78, 5) is 65.1. The molecule has 4 amide bonds. The van der Waals surface area contributed by atoms with Crippen LogP contribution in [-0.2, 0) is 25.6 Å². The second-order valence-electron chi connectivity index (χ2n) is 10.9. The predicted molar refractivity (Wildman–Crippen MR) is 167 cm³/mol. The summed E-state index contributed by atoms with van der Waals surface area (Å²) in [6.07, 6.45) is 1.89. The summed E-state index contributed by atoms with van der Waals surface area (Å²) in [5.74, 6) is -5.04. The first-order valence-electron chi connectivity index (χ1n) is 15.1. The lowest BCUT2D eigenvalue weighted by atomic mass is 9.96. The standard InChI is InChI=1S/C32H45N5O8/c1-4-19(3)27(31(43)34-23(5-2)32(44)45)37-30(42)25(17-20-11-7-6-8-12-20)36-29(41)24(13-9-10-16-33)35-28(40)22-18-21(38)14-15-26(22)39/h6-8,11-12,14-15,18-19,23-25,27,38-39H,4-5,9-10,13,16-17,33H2,1-3H3,(H,34,43)(H,35,40)(H,36,41)(H,37,42)(H,44,45)/t19-,23-,24-,25-,27-/m0/s1. The number of hydrogen-bond donors (Lipinski definition) is 8. The van der Waals surface area contributed by atoms with Crippen LogP contribution in [0.15, 0.2) is 48.5 Å². The highest BCUT2D eigenvalue weighted by atomic mass is 16.4. The molecule has 2 rings (SSSR count). The molecule has 45 heavy (non-hydrogen) atoms. The number of benzene rings is 2. The third-order valence-electron chi connectivity index (χ3n) is 7.53. The summed E-state index contributed by atoms with van der Waals surface area (Å²) in [5.41, 5.74) is 6.10. The van der Waals surface area contributed by atoms with E-state index in [0.717, 1.165) is 12.1 Å². The van der Waals surface area contributed by atoms with E-state index in [4.69, 9.17) is 5.73 Å². The number of phenols is 2. The number of nitrogens with one attached hydrogen (secondary N) is 4. The molecule has 2 aromatic carbocycles. The van der Waals surface area contributed by atoms with Crippen molar-refractivity contribution in [3.63, 3.8) is 0 Å². The van der Waals surface area contributed by atoms with E-state index >= 15 is 0 Å². The average molecular weight is 628 g/mol. The van der Waals surface area contributed by atoms with Crippen LogP contribution in [0.25, 0.3) is 0 Å². The number of carboxylic acids is 1. The third kappa shape index (κ3) is 11.4.